The van der Waals surface area contributed by atoms with Crippen LogP contribution in [0.3, 0.4) is 0 Å². The van der Waals surface area contributed by atoms with Crippen molar-refractivity contribution in [2.75, 3.05) is 19.6 Å². The molecule has 1 aliphatic heterocycles. The number of carbonyl (C=O) groups is 1. The Morgan fingerprint density at radius 1 is 1.37 bits per heavy atom. The van der Waals surface area contributed by atoms with Crippen LogP contribution >= 0.6 is 34.5 Å². The molecule has 1 saturated heterocycles. The van der Waals surface area contributed by atoms with Crippen LogP contribution in [-0.2, 0) is 10.2 Å². The number of amides is 1. The molecule has 1 aromatic carbocycles. The Morgan fingerprint density at radius 2 is 1.95 bits per heavy atom. The second-order valence-electron chi connectivity index (χ2n) is 5.11. The van der Waals surface area contributed by atoms with E-state index in [1.165, 1.54) is 5.56 Å². The zero-order valence-electron chi connectivity index (χ0n) is 11.0. The van der Waals surface area contributed by atoms with Gasteiger partial charge >= 0.3 is 0 Å². The first-order valence-corrected chi connectivity index (χ1v) is 7.77. The van der Waals surface area contributed by atoms with Crippen LogP contribution in [0, 0.1) is 0 Å². The van der Waals surface area contributed by atoms with Crippen LogP contribution in [0.25, 0.3) is 0 Å². The summed E-state index contributed by atoms with van der Waals surface area (Å²) in [6, 6.07) is 8.05. The van der Waals surface area contributed by atoms with Crippen molar-refractivity contribution >= 4 is 40.4 Å². The van der Waals surface area contributed by atoms with Crippen LogP contribution in [0.4, 0.5) is 0 Å². The summed E-state index contributed by atoms with van der Waals surface area (Å²) in [5.41, 5.74) is 1.31. The lowest BCUT2D eigenvalue weighted by atomic mass is 9.73. The van der Waals surface area contributed by atoms with E-state index in [0.29, 0.717) is 6.54 Å². The number of nitrogens with zero attached hydrogens (tertiary/aromatic N) is 1. The minimum atomic E-state index is 0.0326. The summed E-state index contributed by atoms with van der Waals surface area (Å²) in [6.45, 7) is 4.36. The molecule has 0 spiro atoms. The first-order valence-electron chi connectivity index (χ1n) is 6.43. The van der Waals surface area contributed by atoms with E-state index in [-0.39, 0.29) is 11.3 Å². The molecule has 0 saturated carbocycles. The summed E-state index contributed by atoms with van der Waals surface area (Å²) in [6.07, 6.45) is 2.11. The van der Waals surface area contributed by atoms with Gasteiger partial charge in [0.25, 0.3) is 0 Å². The highest BCUT2D eigenvalue weighted by Crippen LogP contribution is 2.36. The molecule has 2 rings (SSSR count). The van der Waals surface area contributed by atoms with Crippen molar-refractivity contribution in [1.29, 1.82) is 0 Å². The van der Waals surface area contributed by atoms with E-state index < -0.39 is 0 Å². The van der Waals surface area contributed by atoms with Crippen molar-refractivity contribution in [3.05, 3.63) is 34.9 Å². The number of carbonyl (C=O) groups excluding carboxylic acids is 1. The van der Waals surface area contributed by atoms with Gasteiger partial charge in [0.2, 0.25) is 5.91 Å². The van der Waals surface area contributed by atoms with Crippen LogP contribution in [0.5, 0.6) is 0 Å². The minimum absolute atomic E-state index is 0.0326. The van der Waals surface area contributed by atoms with E-state index in [9.17, 15) is 4.79 Å². The van der Waals surface area contributed by atoms with E-state index in [0.717, 1.165) is 31.0 Å². The fraction of sp³-hybridized carbons (Fsp3) is 0.500. The van der Waals surface area contributed by atoms with E-state index in [1.807, 2.05) is 12.1 Å². The number of piperidine rings is 1. The predicted molar refractivity (Wildman–Crippen MR) is 86.6 cm³/mol. The lowest BCUT2D eigenvalue weighted by molar-refractivity contribution is -0.119. The van der Waals surface area contributed by atoms with Gasteiger partial charge in [0.05, 0.1) is 0 Å². The Labute approximate surface area is 133 Å². The maximum atomic E-state index is 11.2. The van der Waals surface area contributed by atoms with Crippen molar-refractivity contribution in [2.45, 2.75) is 25.2 Å². The van der Waals surface area contributed by atoms with Gasteiger partial charge in [0, 0.05) is 59.9 Å². The number of rotatable bonds is 3. The highest BCUT2D eigenvalue weighted by molar-refractivity contribution is 14.1. The Bertz CT molecular complexity index is 441. The molecule has 0 aliphatic carbocycles. The van der Waals surface area contributed by atoms with Crippen molar-refractivity contribution in [2.24, 2.45) is 0 Å². The second kappa shape index (κ2) is 6.41. The fourth-order valence-corrected chi connectivity index (χ4v) is 3.18. The molecule has 5 heteroatoms. The van der Waals surface area contributed by atoms with Gasteiger partial charge in [0.15, 0.2) is 0 Å². The van der Waals surface area contributed by atoms with Gasteiger partial charge in [-0.3, -0.25) is 4.79 Å². The molecule has 19 heavy (non-hydrogen) atoms. The number of hydrogen-bond acceptors (Lipinski definition) is 2. The smallest absolute Gasteiger partial charge is 0.216 e. The normalized spacial score (nSPS) is 19.1. The van der Waals surface area contributed by atoms with E-state index in [2.05, 4.69) is 43.4 Å². The highest BCUT2D eigenvalue weighted by atomic mass is 127. The molecule has 0 atom stereocenters. The van der Waals surface area contributed by atoms with Crippen LogP contribution in [0.1, 0.15) is 25.3 Å². The zero-order chi connectivity index (χ0) is 13.9. The minimum Gasteiger partial charge on any atom is -0.355 e. The SMILES string of the molecule is CC(=O)NCC1(c2ccc(Cl)cc2)CCN(I)CC1. The van der Waals surface area contributed by atoms with Gasteiger partial charge in [-0.1, -0.05) is 23.7 Å². The monoisotopic (exact) mass is 392 g/mol. The van der Waals surface area contributed by atoms with E-state index in [1.54, 1.807) is 6.92 Å². The Balaban J connectivity index is 2.22. The van der Waals surface area contributed by atoms with Crippen LogP contribution in [-0.4, -0.2) is 28.7 Å². The Kier molecular flexibility index (Phi) is 5.09. The maximum absolute atomic E-state index is 11.2. The van der Waals surface area contributed by atoms with Crippen molar-refractivity contribution in [3.8, 4) is 0 Å². The van der Waals surface area contributed by atoms with Crippen molar-refractivity contribution in [3.63, 3.8) is 0 Å². The van der Waals surface area contributed by atoms with Gasteiger partial charge < -0.3 is 5.32 Å². The Morgan fingerprint density at radius 3 is 2.47 bits per heavy atom. The first kappa shape index (κ1) is 15.1. The summed E-state index contributed by atoms with van der Waals surface area (Å²) in [5.74, 6) is 0.0326. The molecule has 1 heterocycles. The number of halogens is 2. The van der Waals surface area contributed by atoms with Gasteiger partial charge in [0.1, 0.15) is 0 Å². The lowest BCUT2D eigenvalue weighted by Gasteiger charge is -2.40. The summed E-state index contributed by atoms with van der Waals surface area (Å²) < 4.78 is 2.31. The molecule has 1 aliphatic rings. The van der Waals surface area contributed by atoms with Gasteiger partial charge in [-0.25, -0.2) is 3.11 Å². The summed E-state index contributed by atoms with van der Waals surface area (Å²) >= 11 is 8.33. The van der Waals surface area contributed by atoms with Crippen LogP contribution in [0.2, 0.25) is 5.02 Å². The van der Waals surface area contributed by atoms with Gasteiger partial charge in [-0.15, -0.1) is 0 Å². The largest absolute Gasteiger partial charge is 0.355 e. The molecule has 0 radical (unpaired) electrons. The molecule has 3 nitrogen and oxygen atoms in total. The average molecular weight is 393 g/mol. The quantitative estimate of drug-likeness (QED) is 0.633. The molecule has 1 aromatic rings. The molecular formula is C14H18ClIN2O. The fourth-order valence-electron chi connectivity index (χ4n) is 2.57. The maximum Gasteiger partial charge on any atom is 0.216 e. The third kappa shape index (κ3) is 3.83. The number of hydrogen-bond donors (Lipinski definition) is 1. The van der Waals surface area contributed by atoms with Gasteiger partial charge in [-0.2, -0.15) is 0 Å². The van der Waals surface area contributed by atoms with E-state index >= 15 is 0 Å². The molecule has 0 unspecified atom stereocenters. The van der Waals surface area contributed by atoms with Crippen molar-refractivity contribution in [1.82, 2.24) is 8.43 Å². The molecule has 0 bridgehead atoms. The third-order valence-electron chi connectivity index (χ3n) is 3.80. The lowest BCUT2D eigenvalue weighted by Crippen LogP contribution is -2.46. The summed E-state index contributed by atoms with van der Waals surface area (Å²) in [5, 5.41) is 3.75. The molecular weight excluding hydrogens is 375 g/mol. The molecule has 1 amide bonds. The number of benzene rings is 1. The van der Waals surface area contributed by atoms with Crippen molar-refractivity contribution < 1.29 is 4.79 Å². The zero-order valence-corrected chi connectivity index (χ0v) is 13.9. The standard InChI is InChI=1S/C14H18ClIN2O/c1-11(19)17-10-14(6-8-18(16)9-7-14)12-2-4-13(15)5-3-12/h2-5H,6-10H2,1H3,(H,17,19). The molecule has 1 N–H and O–H groups in total. The summed E-state index contributed by atoms with van der Waals surface area (Å²) in [4.78, 5) is 11.2. The van der Waals surface area contributed by atoms with Gasteiger partial charge in [-0.05, 0) is 30.5 Å². The third-order valence-corrected chi connectivity index (χ3v) is 5.02. The second-order valence-corrected chi connectivity index (χ2v) is 6.91. The highest BCUT2D eigenvalue weighted by Gasteiger charge is 2.35. The first-order chi connectivity index (χ1) is 9.02. The molecule has 104 valence electrons. The van der Waals surface area contributed by atoms with Crippen LogP contribution < -0.4 is 5.32 Å². The number of nitrogens with one attached hydrogen (secondary N) is 1. The average Bonchev–Trinajstić information content (AvgIpc) is 2.39. The summed E-state index contributed by atoms with van der Waals surface area (Å²) in [7, 11) is 0. The topological polar surface area (TPSA) is 32.3 Å². The Hall–Kier alpha value is -0.330. The van der Waals surface area contributed by atoms with Crippen LogP contribution in [0.15, 0.2) is 24.3 Å². The molecule has 0 aromatic heterocycles. The predicted octanol–water partition coefficient (Wildman–Crippen LogP) is 3.16. The van der Waals surface area contributed by atoms with E-state index in [4.69, 9.17) is 11.6 Å². The molecule has 1 fully saturated rings.